The molecule has 3 amide bonds. The maximum Gasteiger partial charge on any atom is 0.416 e. The van der Waals surface area contributed by atoms with Crippen LogP contribution < -0.4 is 10.2 Å². The first kappa shape index (κ1) is 30.6. The third-order valence-corrected chi connectivity index (χ3v) is 6.94. The number of hydrogen-bond acceptors (Lipinski definition) is 8. The van der Waals surface area contributed by atoms with Gasteiger partial charge in [-0.3, -0.25) is 14.6 Å². The van der Waals surface area contributed by atoms with Gasteiger partial charge in [-0.25, -0.2) is 14.6 Å². The third-order valence-electron chi connectivity index (χ3n) is 6.94. The highest BCUT2D eigenvalue weighted by atomic mass is 16.6. The van der Waals surface area contributed by atoms with Crippen molar-refractivity contribution in [2.24, 2.45) is 0 Å². The predicted octanol–water partition coefficient (Wildman–Crippen LogP) is 5.01. The van der Waals surface area contributed by atoms with Gasteiger partial charge in [0.05, 0.1) is 23.0 Å². The van der Waals surface area contributed by atoms with E-state index in [0.29, 0.717) is 47.8 Å². The number of para-hydroxylation sites is 1. The Morgan fingerprint density at radius 1 is 1.02 bits per heavy atom. The first-order valence-electron chi connectivity index (χ1n) is 14.2. The molecule has 0 radical (unpaired) electrons. The fourth-order valence-corrected chi connectivity index (χ4v) is 5.15. The van der Waals surface area contributed by atoms with Gasteiger partial charge in [-0.05, 0) is 72.6 Å². The van der Waals surface area contributed by atoms with Crippen LogP contribution in [-0.2, 0) is 14.3 Å². The largest absolute Gasteiger partial charge is 0.444 e. The van der Waals surface area contributed by atoms with Gasteiger partial charge < -0.3 is 19.7 Å². The molecule has 2 atom stereocenters. The number of fused-ring (bicyclic) bond motifs is 6. The second-order valence-electron chi connectivity index (χ2n) is 12.6. The summed E-state index contributed by atoms with van der Waals surface area (Å²) in [6, 6.07) is 11.5. The summed E-state index contributed by atoms with van der Waals surface area (Å²) in [5.74, 6) is 0.0581. The zero-order valence-corrected chi connectivity index (χ0v) is 25.4. The van der Waals surface area contributed by atoms with Crippen molar-refractivity contribution in [3.8, 4) is 17.3 Å². The summed E-state index contributed by atoms with van der Waals surface area (Å²) in [6.07, 6.45) is -0.484. The zero-order valence-electron chi connectivity index (χ0n) is 25.4. The third kappa shape index (κ3) is 6.93. The Bertz CT molecular complexity index is 1390. The fourth-order valence-electron chi connectivity index (χ4n) is 5.15. The maximum absolute atomic E-state index is 13.8. The first-order valence-corrected chi connectivity index (χ1v) is 14.2. The van der Waals surface area contributed by atoms with Crippen LogP contribution in [0.15, 0.2) is 36.4 Å². The minimum absolute atomic E-state index is 0.0566. The molecule has 0 saturated carbocycles. The molecular formula is C31H40N6O5. The number of likely N-dealkylation sites (tertiary alicyclic amines) is 1. The molecule has 4 rings (SSSR count). The number of rotatable bonds is 0. The van der Waals surface area contributed by atoms with Crippen LogP contribution in [0.3, 0.4) is 0 Å². The van der Waals surface area contributed by atoms with Crippen LogP contribution in [0.4, 0.5) is 21.1 Å². The summed E-state index contributed by atoms with van der Waals surface area (Å²) >= 11 is 0. The van der Waals surface area contributed by atoms with Gasteiger partial charge in [-0.2, -0.15) is 5.26 Å². The highest BCUT2D eigenvalue weighted by Gasteiger charge is 2.47. The van der Waals surface area contributed by atoms with Crippen LogP contribution >= 0.6 is 0 Å². The molecule has 1 saturated heterocycles. The topological polar surface area (TPSA) is 128 Å². The lowest BCUT2D eigenvalue weighted by molar-refractivity contribution is -0.134. The molecule has 11 nitrogen and oxygen atoms in total. The van der Waals surface area contributed by atoms with E-state index in [1.54, 1.807) is 77.8 Å². The first-order chi connectivity index (χ1) is 19.7. The van der Waals surface area contributed by atoms with E-state index in [9.17, 15) is 19.6 Å². The summed E-state index contributed by atoms with van der Waals surface area (Å²) in [7, 11) is 1.70. The lowest BCUT2D eigenvalue weighted by atomic mass is 10.0. The Morgan fingerprint density at radius 3 is 2.36 bits per heavy atom. The highest BCUT2D eigenvalue weighted by Crippen LogP contribution is 2.34. The summed E-state index contributed by atoms with van der Waals surface area (Å²) in [5.41, 5.74) is 0.789. The molecule has 1 aromatic carbocycles. The van der Waals surface area contributed by atoms with Gasteiger partial charge >= 0.3 is 12.2 Å². The second-order valence-corrected chi connectivity index (χ2v) is 12.6. The van der Waals surface area contributed by atoms with Crippen LogP contribution in [0.2, 0.25) is 0 Å². The van der Waals surface area contributed by atoms with Gasteiger partial charge in [-0.1, -0.05) is 18.2 Å². The molecule has 1 N–H and O–H groups in total. The second kappa shape index (κ2) is 11.9. The van der Waals surface area contributed by atoms with E-state index in [4.69, 9.17) is 14.5 Å². The predicted molar refractivity (Wildman–Crippen MR) is 159 cm³/mol. The Hall–Kier alpha value is -4.33. The Balaban J connectivity index is 1.86. The van der Waals surface area contributed by atoms with E-state index in [2.05, 4.69) is 11.4 Å². The molecule has 42 heavy (non-hydrogen) atoms. The zero-order chi connectivity index (χ0) is 30.8. The molecule has 4 bridgehead atoms. The van der Waals surface area contributed by atoms with E-state index in [-0.39, 0.29) is 18.9 Å². The van der Waals surface area contributed by atoms with Gasteiger partial charge in [0.15, 0.2) is 0 Å². The maximum atomic E-state index is 13.8. The molecular weight excluding hydrogens is 536 g/mol. The van der Waals surface area contributed by atoms with E-state index in [1.807, 2.05) is 12.1 Å². The van der Waals surface area contributed by atoms with E-state index >= 15 is 0 Å². The molecule has 11 heteroatoms. The van der Waals surface area contributed by atoms with E-state index in [0.717, 1.165) is 0 Å². The fraction of sp³-hybridized carbons (Fsp3) is 0.516. The van der Waals surface area contributed by atoms with Gasteiger partial charge in [0.25, 0.3) is 0 Å². The number of nitrogens with one attached hydrogen (secondary N) is 1. The monoisotopic (exact) mass is 576 g/mol. The van der Waals surface area contributed by atoms with Crippen molar-refractivity contribution in [3.63, 3.8) is 0 Å². The van der Waals surface area contributed by atoms with E-state index < -0.39 is 35.5 Å². The highest BCUT2D eigenvalue weighted by molar-refractivity contribution is 5.91. The van der Waals surface area contributed by atoms with Crippen LogP contribution in [0, 0.1) is 11.3 Å². The van der Waals surface area contributed by atoms with Crippen molar-refractivity contribution in [2.45, 2.75) is 77.7 Å². The van der Waals surface area contributed by atoms with Gasteiger partial charge in [0.2, 0.25) is 5.91 Å². The Kier molecular flexibility index (Phi) is 8.66. The summed E-state index contributed by atoms with van der Waals surface area (Å²) in [4.78, 5) is 50.2. The molecule has 2 aliphatic rings. The number of amides is 3. The minimum atomic E-state index is -0.844. The van der Waals surface area contributed by atoms with Gasteiger partial charge in [0, 0.05) is 32.2 Å². The summed E-state index contributed by atoms with van der Waals surface area (Å²) < 4.78 is 11.5. The quantitative estimate of drug-likeness (QED) is 0.463. The van der Waals surface area contributed by atoms with Crippen molar-refractivity contribution < 1.29 is 23.9 Å². The number of carbonyl (C=O) groups excluding carboxylic acids is 3. The molecule has 0 spiro atoms. The van der Waals surface area contributed by atoms with Crippen LogP contribution in [0.1, 0.15) is 59.9 Å². The Labute approximate surface area is 247 Å². The number of benzene rings is 1. The van der Waals surface area contributed by atoms with Crippen LogP contribution in [0.25, 0.3) is 11.3 Å². The number of nitrogens with zero attached hydrogens (tertiary/aromatic N) is 5. The average molecular weight is 577 g/mol. The minimum Gasteiger partial charge on any atom is -0.444 e. The normalized spacial score (nSPS) is 19.6. The number of aromatic nitrogens is 1. The number of likely N-dealkylation sites (N-methyl/N-ethyl adjacent to an activating group) is 1. The van der Waals surface area contributed by atoms with Crippen molar-refractivity contribution in [2.75, 3.05) is 36.9 Å². The van der Waals surface area contributed by atoms with E-state index in [1.165, 1.54) is 9.80 Å². The van der Waals surface area contributed by atoms with Crippen molar-refractivity contribution in [1.82, 2.24) is 14.8 Å². The Morgan fingerprint density at radius 2 is 1.69 bits per heavy atom. The lowest BCUT2D eigenvalue weighted by Gasteiger charge is -2.31. The molecule has 0 aliphatic carbocycles. The lowest BCUT2D eigenvalue weighted by Crippen LogP contribution is -2.48. The SMILES string of the molecule is CN1CCCNc2c(C#N)cccc2-c2cccc(n2)N(C(=O)OC(C)(C)C)[C@H]2C[C@@H](C1=O)N(C(=O)OC(C)(C)C)C2. The molecule has 0 unspecified atom stereocenters. The van der Waals surface area contributed by atoms with Crippen LogP contribution in [0.5, 0.6) is 0 Å². The smallest absolute Gasteiger partial charge is 0.416 e. The number of carbonyl (C=O) groups is 3. The molecule has 2 aromatic rings. The van der Waals surface area contributed by atoms with Crippen LogP contribution in [-0.4, -0.2) is 82.8 Å². The number of nitriles is 1. The summed E-state index contributed by atoms with van der Waals surface area (Å²) in [5, 5.41) is 13.2. The number of ether oxygens (including phenoxy) is 2. The molecule has 1 aromatic heterocycles. The molecule has 224 valence electrons. The number of hydrogen-bond donors (Lipinski definition) is 1. The van der Waals surface area contributed by atoms with Gasteiger partial charge in [-0.15, -0.1) is 0 Å². The summed E-state index contributed by atoms with van der Waals surface area (Å²) in [6.45, 7) is 11.6. The number of pyridine rings is 1. The standard InChI is InChI=1S/C31H40N6O5/c1-30(2,3)41-28(39)36-19-21-17-24(36)27(38)35(7)16-10-15-33-26-20(18-32)11-8-12-22(26)23-13-9-14-25(34-23)37(21)29(40)42-31(4,5)6/h8-9,11-14,21,24,33H,10,15-17,19H2,1-7H3/t21-,24-/m0/s1. The number of anilines is 2. The molecule has 3 heterocycles. The molecule has 2 aliphatic heterocycles. The van der Waals surface area contributed by atoms with Crippen molar-refractivity contribution >= 4 is 29.6 Å². The van der Waals surface area contributed by atoms with Crippen molar-refractivity contribution in [1.29, 1.82) is 5.26 Å². The molecule has 1 fully saturated rings. The average Bonchev–Trinajstić information content (AvgIpc) is 3.33. The van der Waals surface area contributed by atoms with Crippen molar-refractivity contribution in [3.05, 3.63) is 42.0 Å². The van der Waals surface area contributed by atoms with Gasteiger partial charge in [0.1, 0.15) is 29.1 Å².